The van der Waals surface area contributed by atoms with E-state index < -0.39 is 10.1 Å². The van der Waals surface area contributed by atoms with Gasteiger partial charge in [0.25, 0.3) is 5.01 Å². The van der Waals surface area contributed by atoms with Crippen molar-refractivity contribution in [2.75, 3.05) is 12.4 Å². The third-order valence-electron chi connectivity index (χ3n) is 4.35. The van der Waals surface area contributed by atoms with Crippen LogP contribution in [0.5, 0.6) is 0 Å². The Balaban J connectivity index is 2.15. The molecule has 27 heavy (non-hydrogen) atoms. The molecular formula is C20H23NO4S2. The molecule has 0 atom stereocenters. The summed E-state index contributed by atoms with van der Waals surface area (Å²) in [7, 11) is -4.22. The van der Waals surface area contributed by atoms with Crippen molar-refractivity contribution in [2.45, 2.75) is 33.2 Å². The van der Waals surface area contributed by atoms with Crippen molar-refractivity contribution in [3.63, 3.8) is 0 Å². The number of ether oxygens (including phenoxy) is 1. The van der Waals surface area contributed by atoms with E-state index in [9.17, 15) is 13.0 Å². The summed E-state index contributed by atoms with van der Waals surface area (Å²) in [5.41, 5.74) is 1.07. The summed E-state index contributed by atoms with van der Waals surface area (Å²) in [4.78, 5) is 0. The highest BCUT2D eigenvalue weighted by Gasteiger charge is 2.22. The van der Waals surface area contributed by atoms with Crippen LogP contribution in [0.4, 0.5) is 0 Å². The van der Waals surface area contributed by atoms with Gasteiger partial charge in [-0.1, -0.05) is 42.5 Å². The molecule has 144 valence electrons. The zero-order chi connectivity index (χ0) is 19.4. The zero-order valence-electron chi connectivity index (χ0n) is 15.5. The summed E-state index contributed by atoms with van der Waals surface area (Å²) >= 11 is 1.65. The number of aromatic nitrogens is 1. The molecule has 0 saturated carbocycles. The molecule has 2 aromatic carbocycles. The van der Waals surface area contributed by atoms with E-state index in [0.717, 1.165) is 38.2 Å². The molecule has 0 unspecified atom stereocenters. The van der Waals surface area contributed by atoms with E-state index in [4.69, 9.17) is 4.74 Å². The average Bonchev–Trinajstić information content (AvgIpc) is 2.98. The molecule has 3 rings (SSSR count). The molecule has 1 heterocycles. The van der Waals surface area contributed by atoms with E-state index in [-0.39, 0.29) is 12.2 Å². The number of thiazole rings is 1. The Labute approximate surface area is 163 Å². The van der Waals surface area contributed by atoms with Gasteiger partial charge in [-0.3, -0.25) is 0 Å². The third-order valence-corrected chi connectivity index (χ3v) is 6.24. The van der Waals surface area contributed by atoms with Gasteiger partial charge in [-0.05, 0) is 24.4 Å². The lowest BCUT2D eigenvalue weighted by Crippen LogP contribution is -2.36. The predicted octanol–water partition coefficient (Wildman–Crippen LogP) is 4.06. The summed E-state index contributed by atoms with van der Waals surface area (Å²) < 4.78 is 42.0. The highest BCUT2D eigenvalue weighted by Crippen LogP contribution is 2.29. The second-order valence-corrected chi connectivity index (χ2v) is 8.82. The maximum absolute atomic E-state index is 11.0. The summed E-state index contributed by atoms with van der Waals surface area (Å²) in [6, 6.07) is 12.3. The molecule has 0 spiro atoms. The third kappa shape index (κ3) is 4.66. The first kappa shape index (κ1) is 19.8. The summed E-state index contributed by atoms with van der Waals surface area (Å²) in [6.07, 6.45) is 3.08. The van der Waals surface area contributed by atoms with Crippen LogP contribution in [0.2, 0.25) is 0 Å². The Hall–Kier alpha value is -1.96. The minimum Gasteiger partial charge on any atom is -0.748 e. The van der Waals surface area contributed by atoms with E-state index in [2.05, 4.69) is 28.8 Å². The second-order valence-electron chi connectivity index (χ2n) is 6.24. The molecule has 0 saturated heterocycles. The van der Waals surface area contributed by atoms with E-state index in [1.807, 2.05) is 32.1 Å². The van der Waals surface area contributed by atoms with Crippen molar-refractivity contribution < 1.29 is 22.3 Å². The Morgan fingerprint density at radius 1 is 1.22 bits per heavy atom. The number of hydrogen-bond acceptors (Lipinski definition) is 5. The van der Waals surface area contributed by atoms with E-state index in [1.54, 1.807) is 11.3 Å². The fourth-order valence-corrected chi connectivity index (χ4v) is 4.82. The van der Waals surface area contributed by atoms with Crippen molar-refractivity contribution >= 4 is 48.5 Å². The standard InChI is InChI=1S/C20H23NO4S2/c1-3-16(25-4-2)14-19-21(12-7-13-27(22,23)24)20-17-9-6-5-8-15(17)10-11-18(20)26-19/h5-6,8-11,14H,3-4,7,12-13H2,1-2H3/b16-14+. The van der Waals surface area contributed by atoms with Gasteiger partial charge >= 0.3 is 0 Å². The Morgan fingerprint density at radius 2 is 2.00 bits per heavy atom. The normalized spacial score (nSPS) is 12.8. The maximum Gasteiger partial charge on any atom is 0.266 e. The van der Waals surface area contributed by atoms with Crippen molar-refractivity contribution in [1.82, 2.24) is 0 Å². The van der Waals surface area contributed by atoms with Crippen LogP contribution in [0.3, 0.4) is 0 Å². The van der Waals surface area contributed by atoms with E-state index in [1.165, 1.54) is 0 Å². The minimum absolute atomic E-state index is 0.280. The van der Waals surface area contributed by atoms with Crippen LogP contribution in [0.1, 0.15) is 31.7 Å². The van der Waals surface area contributed by atoms with Crippen molar-refractivity contribution in [1.29, 1.82) is 0 Å². The molecule has 0 bridgehead atoms. The lowest BCUT2D eigenvalue weighted by molar-refractivity contribution is -0.667. The first-order chi connectivity index (χ1) is 12.9. The van der Waals surface area contributed by atoms with Crippen molar-refractivity contribution in [3.8, 4) is 0 Å². The first-order valence-electron chi connectivity index (χ1n) is 9.04. The van der Waals surface area contributed by atoms with Gasteiger partial charge in [-0.15, -0.1) is 0 Å². The van der Waals surface area contributed by atoms with Gasteiger partial charge in [0.05, 0.1) is 28.2 Å². The second kappa shape index (κ2) is 8.37. The first-order valence-corrected chi connectivity index (χ1v) is 11.4. The van der Waals surface area contributed by atoms with Gasteiger partial charge in [0.2, 0.25) is 5.52 Å². The molecule has 1 aromatic heterocycles. The summed E-state index contributed by atoms with van der Waals surface area (Å²) in [5, 5.41) is 3.24. The molecule has 0 radical (unpaired) electrons. The Bertz CT molecular complexity index is 1080. The number of hydrogen-bond donors (Lipinski definition) is 0. The molecule has 0 aliphatic heterocycles. The fourth-order valence-electron chi connectivity index (χ4n) is 3.17. The molecular weight excluding hydrogens is 382 g/mol. The van der Waals surface area contributed by atoms with Crippen LogP contribution < -0.4 is 4.57 Å². The van der Waals surface area contributed by atoms with Gasteiger partial charge in [0.15, 0.2) is 6.54 Å². The van der Waals surface area contributed by atoms with Crippen LogP contribution in [0.25, 0.3) is 27.1 Å². The SMILES string of the molecule is CCO/C(=C/c1sc2ccc3ccccc3c2[n+]1CCCS(=O)(=O)[O-])CC. The molecule has 7 heteroatoms. The number of nitrogens with zero attached hydrogens (tertiary/aromatic N) is 1. The minimum atomic E-state index is -4.22. The van der Waals surface area contributed by atoms with Gasteiger partial charge in [-0.25, -0.2) is 8.42 Å². The van der Waals surface area contributed by atoms with Crippen molar-refractivity contribution in [3.05, 3.63) is 47.2 Å². The van der Waals surface area contributed by atoms with Crippen LogP contribution in [-0.2, 0) is 21.4 Å². The fraction of sp³-hybridized carbons (Fsp3) is 0.350. The maximum atomic E-state index is 11.0. The molecule has 5 nitrogen and oxygen atoms in total. The van der Waals surface area contributed by atoms with Gasteiger partial charge in [0, 0.05) is 18.6 Å². The number of fused-ring (bicyclic) bond motifs is 3. The molecule has 3 aromatic rings. The monoisotopic (exact) mass is 405 g/mol. The Morgan fingerprint density at radius 3 is 2.70 bits per heavy atom. The van der Waals surface area contributed by atoms with Gasteiger partial charge in [0.1, 0.15) is 10.5 Å². The smallest absolute Gasteiger partial charge is 0.266 e. The largest absolute Gasteiger partial charge is 0.748 e. The molecule has 0 N–H and O–H groups in total. The average molecular weight is 406 g/mol. The van der Waals surface area contributed by atoms with Crippen LogP contribution in [0.15, 0.2) is 42.2 Å². The lowest BCUT2D eigenvalue weighted by Gasteiger charge is -2.06. The number of aryl methyl sites for hydroxylation is 1. The Kier molecular flexibility index (Phi) is 6.14. The number of benzene rings is 2. The molecule has 0 fully saturated rings. The zero-order valence-corrected chi connectivity index (χ0v) is 17.1. The molecule has 0 amide bonds. The number of rotatable bonds is 8. The predicted molar refractivity (Wildman–Crippen MR) is 109 cm³/mol. The molecule has 0 aliphatic rings. The highest BCUT2D eigenvalue weighted by atomic mass is 32.2. The van der Waals surface area contributed by atoms with Gasteiger partial charge < -0.3 is 9.29 Å². The van der Waals surface area contributed by atoms with Crippen molar-refractivity contribution in [2.24, 2.45) is 0 Å². The topological polar surface area (TPSA) is 70.3 Å². The summed E-state index contributed by atoms with van der Waals surface area (Å²) in [6.45, 7) is 5.06. The van der Waals surface area contributed by atoms with Crippen LogP contribution >= 0.6 is 11.3 Å². The number of allylic oxidation sites excluding steroid dienone is 1. The molecule has 0 aliphatic carbocycles. The van der Waals surface area contributed by atoms with E-state index >= 15 is 0 Å². The summed E-state index contributed by atoms with van der Waals surface area (Å²) in [5.74, 6) is 0.524. The van der Waals surface area contributed by atoms with Crippen LogP contribution in [0, 0.1) is 0 Å². The van der Waals surface area contributed by atoms with Gasteiger partial charge in [-0.2, -0.15) is 4.57 Å². The van der Waals surface area contributed by atoms with E-state index in [0.29, 0.717) is 13.2 Å². The van der Waals surface area contributed by atoms with Crippen LogP contribution in [-0.4, -0.2) is 25.3 Å². The quantitative estimate of drug-likeness (QED) is 0.322. The lowest BCUT2D eigenvalue weighted by atomic mass is 10.1. The highest BCUT2D eigenvalue weighted by molar-refractivity contribution is 7.85.